The highest BCUT2D eigenvalue weighted by Crippen LogP contribution is 2.10. The Hall–Kier alpha value is -0.390. The number of nitrogens with zero attached hydrogens (tertiary/aromatic N) is 1. The number of hydrogen-bond acceptors (Lipinski definition) is 3. The van der Waals surface area contributed by atoms with E-state index in [0.717, 1.165) is 6.54 Å². The summed E-state index contributed by atoms with van der Waals surface area (Å²) in [6.45, 7) is 7.40. The van der Waals surface area contributed by atoms with Crippen LogP contribution in [0.3, 0.4) is 0 Å². The van der Waals surface area contributed by atoms with Gasteiger partial charge in [0, 0.05) is 19.1 Å². The van der Waals surface area contributed by atoms with Crippen molar-refractivity contribution in [2.24, 2.45) is 0 Å². The largest absolute Gasteiger partial charge is 0.315 e. The van der Waals surface area contributed by atoms with Gasteiger partial charge in [-0.2, -0.15) is 4.31 Å². The van der Waals surface area contributed by atoms with Gasteiger partial charge in [-0.1, -0.05) is 6.08 Å². The van der Waals surface area contributed by atoms with E-state index in [4.69, 9.17) is 0 Å². The molecule has 0 saturated carbocycles. The highest BCUT2D eigenvalue weighted by atomic mass is 32.2. The van der Waals surface area contributed by atoms with E-state index in [2.05, 4.69) is 11.9 Å². The number of hydrogen-bond donors (Lipinski definition) is 1. The third kappa shape index (κ3) is 2.80. The minimum Gasteiger partial charge on any atom is -0.315 e. The van der Waals surface area contributed by atoms with E-state index in [1.54, 1.807) is 6.08 Å². The molecule has 1 saturated heterocycles. The summed E-state index contributed by atoms with van der Waals surface area (Å²) < 4.78 is 25.1. The van der Waals surface area contributed by atoms with Crippen LogP contribution in [0.2, 0.25) is 0 Å². The van der Waals surface area contributed by atoms with Crippen molar-refractivity contribution in [3.63, 3.8) is 0 Å². The predicted octanol–water partition coefficient (Wildman–Crippen LogP) is 0.186. The molecule has 1 aliphatic heterocycles. The predicted molar refractivity (Wildman–Crippen MR) is 57.6 cm³/mol. The standard InChI is InChI=1S/C9H18N2O2S/c1-3-6-11-9(2)8-10-5-4-7-14(11,12)13/h3,9-10H,1,4-8H2,2H3. The van der Waals surface area contributed by atoms with Crippen molar-refractivity contribution < 1.29 is 8.42 Å². The summed E-state index contributed by atoms with van der Waals surface area (Å²) in [5, 5.41) is 3.22. The summed E-state index contributed by atoms with van der Waals surface area (Å²) in [5.74, 6) is 0.234. The zero-order valence-corrected chi connectivity index (χ0v) is 9.39. The molecule has 0 aromatic heterocycles. The third-order valence-electron chi connectivity index (χ3n) is 2.35. The molecular weight excluding hydrogens is 200 g/mol. The summed E-state index contributed by atoms with van der Waals surface area (Å²) >= 11 is 0. The van der Waals surface area contributed by atoms with E-state index in [0.29, 0.717) is 19.5 Å². The van der Waals surface area contributed by atoms with Crippen LogP contribution >= 0.6 is 0 Å². The van der Waals surface area contributed by atoms with Gasteiger partial charge in [0.15, 0.2) is 0 Å². The second-order valence-electron chi connectivity index (χ2n) is 3.58. The van der Waals surface area contributed by atoms with Crippen LogP contribution in [0.1, 0.15) is 13.3 Å². The highest BCUT2D eigenvalue weighted by Gasteiger charge is 2.26. The van der Waals surface area contributed by atoms with Gasteiger partial charge in [0.2, 0.25) is 10.0 Å². The molecule has 0 spiro atoms. The average molecular weight is 218 g/mol. The normalized spacial score (nSPS) is 29.1. The molecule has 0 aromatic rings. The second kappa shape index (κ2) is 4.91. The lowest BCUT2D eigenvalue weighted by atomic mass is 10.3. The van der Waals surface area contributed by atoms with Crippen LogP contribution in [0.5, 0.6) is 0 Å². The third-order valence-corrected chi connectivity index (χ3v) is 4.38. The van der Waals surface area contributed by atoms with Crippen molar-refractivity contribution in [3.05, 3.63) is 12.7 Å². The van der Waals surface area contributed by atoms with Gasteiger partial charge in [-0.05, 0) is 19.9 Å². The van der Waals surface area contributed by atoms with Crippen LogP contribution in [0.25, 0.3) is 0 Å². The first-order chi connectivity index (χ1) is 6.58. The van der Waals surface area contributed by atoms with E-state index in [1.807, 2.05) is 6.92 Å². The Kier molecular flexibility index (Phi) is 4.10. The first-order valence-corrected chi connectivity index (χ1v) is 6.50. The Balaban J connectivity index is 2.82. The molecule has 0 amide bonds. The van der Waals surface area contributed by atoms with E-state index in [9.17, 15) is 8.42 Å². The maximum absolute atomic E-state index is 11.8. The van der Waals surface area contributed by atoms with Gasteiger partial charge in [-0.25, -0.2) is 8.42 Å². The zero-order chi connectivity index (χ0) is 10.6. The summed E-state index contributed by atoms with van der Waals surface area (Å²) in [5.41, 5.74) is 0. The lowest BCUT2D eigenvalue weighted by Crippen LogP contribution is -2.47. The first-order valence-electron chi connectivity index (χ1n) is 4.89. The van der Waals surface area contributed by atoms with Gasteiger partial charge in [0.25, 0.3) is 0 Å². The molecule has 1 aliphatic rings. The molecule has 5 heteroatoms. The molecule has 1 N–H and O–H groups in total. The van der Waals surface area contributed by atoms with Gasteiger partial charge in [-0.15, -0.1) is 6.58 Å². The molecule has 1 fully saturated rings. The minimum atomic E-state index is -3.07. The van der Waals surface area contributed by atoms with Crippen LogP contribution in [-0.4, -0.2) is 44.2 Å². The maximum Gasteiger partial charge on any atom is 0.214 e. The van der Waals surface area contributed by atoms with Crippen molar-refractivity contribution >= 4 is 10.0 Å². The van der Waals surface area contributed by atoms with Crippen molar-refractivity contribution in [1.29, 1.82) is 0 Å². The van der Waals surface area contributed by atoms with Crippen molar-refractivity contribution in [3.8, 4) is 0 Å². The Morgan fingerprint density at radius 1 is 1.64 bits per heavy atom. The molecule has 0 bridgehead atoms. The molecule has 4 nitrogen and oxygen atoms in total. The average Bonchev–Trinajstić information content (AvgIpc) is 2.11. The van der Waals surface area contributed by atoms with E-state index >= 15 is 0 Å². The van der Waals surface area contributed by atoms with Crippen LogP contribution in [-0.2, 0) is 10.0 Å². The fraction of sp³-hybridized carbons (Fsp3) is 0.778. The molecule has 0 aromatic carbocycles. The van der Waals surface area contributed by atoms with Crippen molar-refractivity contribution in [1.82, 2.24) is 9.62 Å². The quantitative estimate of drug-likeness (QED) is 0.673. The van der Waals surface area contributed by atoms with Gasteiger partial charge in [-0.3, -0.25) is 0 Å². The van der Waals surface area contributed by atoms with Gasteiger partial charge >= 0.3 is 0 Å². The first kappa shape index (κ1) is 11.7. The lowest BCUT2D eigenvalue weighted by molar-refractivity contribution is 0.341. The van der Waals surface area contributed by atoms with E-state index in [-0.39, 0.29) is 11.8 Å². The number of sulfonamides is 1. The fourth-order valence-electron chi connectivity index (χ4n) is 1.60. The summed E-state index contributed by atoms with van der Waals surface area (Å²) in [4.78, 5) is 0. The fourth-order valence-corrected chi connectivity index (χ4v) is 3.30. The van der Waals surface area contributed by atoms with Gasteiger partial charge < -0.3 is 5.32 Å². The second-order valence-corrected chi connectivity index (χ2v) is 5.62. The molecule has 1 atom stereocenters. The Labute approximate surface area is 86.0 Å². The molecule has 1 heterocycles. The Morgan fingerprint density at radius 3 is 3.00 bits per heavy atom. The van der Waals surface area contributed by atoms with Gasteiger partial charge in [0.05, 0.1) is 5.75 Å². The molecular formula is C9H18N2O2S. The smallest absolute Gasteiger partial charge is 0.214 e. The summed E-state index contributed by atoms with van der Waals surface area (Å²) in [6.07, 6.45) is 2.32. The Morgan fingerprint density at radius 2 is 2.36 bits per heavy atom. The molecule has 0 radical (unpaired) electrons. The zero-order valence-electron chi connectivity index (χ0n) is 8.57. The van der Waals surface area contributed by atoms with Gasteiger partial charge in [0.1, 0.15) is 0 Å². The SMILES string of the molecule is C=CCN1C(C)CNCCCS1(=O)=O. The van der Waals surface area contributed by atoms with Crippen molar-refractivity contribution in [2.75, 3.05) is 25.4 Å². The highest BCUT2D eigenvalue weighted by molar-refractivity contribution is 7.89. The van der Waals surface area contributed by atoms with Crippen LogP contribution in [0, 0.1) is 0 Å². The monoisotopic (exact) mass is 218 g/mol. The molecule has 1 rings (SSSR count). The topological polar surface area (TPSA) is 49.4 Å². The number of nitrogens with one attached hydrogen (secondary N) is 1. The minimum absolute atomic E-state index is 0.0123. The van der Waals surface area contributed by atoms with Crippen LogP contribution in [0.4, 0.5) is 0 Å². The Bertz CT molecular complexity index is 287. The summed E-state index contributed by atoms with van der Waals surface area (Å²) in [7, 11) is -3.07. The molecule has 0 aliphatic carbocycles. The molecule has 14 heavy (non-hydrogen) atoms. The lowest BCUT2D eigenvalue weighted by Gasteiger charge is -2.29. The maximum atomic E-state index is 11.8. The summed E-state index contributed by atoms with van der Waals surface area (Å²) in [6, 6.07) is 0.0123. The molecule has 82 valence electrons. The molecule has 1 unspecified atom stereocenters. The van der Waals surface area contributed by atoms with Crippen LogP contribution in [0.15, 0.2) is 12.7 Å². The van der Waals surface area contributed by atoms with E-state index in [1.165, 1.54) is 4.31 Å². The van der Waals surface area contributed by atoms with E-state index < -0.39 is 10.0 Å². The number of rotatable bonds is 2. The van der Waals surface area contributed by atoms with Crippen LogP contribution < -0.4 is 5.32 Å². The van der Waals surface area contributed by atoms with Crippen molar-refractivity contribution in [2.45, 2.75) is 19.4 Å².